The molecule has 0 spiro atoms. The summed E-state index contributed by atoms with van der Waals surface area (Å²) in [6, 6.07) is 31.3. The predicted octanol–water partition coefficient (Wildman–Crippen LogP) is -0.465. The van der Waals surface area contributed by atoms with Gasteiger partial charge >= 0.3 is 0 Å². The normalized spacial score (nSPS) is 11.9. The van der Waals surface area contributed by atoms with Crippen LogP contribution in [0.1, 0.15) is 0 Å². The molecule has 0 amide bonds. The highest BCUT2D eigenvalue weighted by molar-refractivity contribution is 6.68. The zero-order valence-corrected chi connectivity index (χ0v) is 21.5. The van der Waals surface area contributed by atoms with E-state index < -0.39 is 0 Å². The Morgan fingerprint density at radius 2 is 0.889 bits per heavy atom. The molecular weight excluding hydrogens is 428 g/mol. The van der Waals surface area contributed by atoms with Crippen molar-refractivity contribution in [3.05, 3.63) is 84.9 Å². The van der Waals surface area contributed by atoms with Crippen LogP contribution in [0.3, 0.4) is 0 Å². The molecule has 0 aliphatic rings. The molecule has 0 radical (unpaired) electrons. The highest BCUT2D eigenvalue weighted by Crippen LogP contribution is 2.43. The van der Waals surface area contributed by atoms with E-state index in [-0.39, 0.29) is 0 Å². The minimum Gasteiger partial charge on any atom is -0.309 e. The Kier molecular flexibility index (Phi) is 4.55. The van der Waals surface area contributed by atoms with E-state index >= 15 is 0 Å². The third-order valence-corrected chi connectivity index (χ3v) is 8.71. The first-order valence-electron chi connectivity index (χ1n) is 12.8. The lowest BCUT2D eigenvalue weighted by molar-refractivity contribution is 1.22. The highest BCUT2D eigenvalue weighted by Gasteiger charge is 2.23. The second-order valence-corrected chi connectivity index (χ2v) is 10.3. The maximum absolute atomic E-state index is 2.60. The summed E-state index contributed by atoms with van der Waals surface area (Å²) >= 11 is 0. The third-order valence-electron chi connectivity index (χ3n) is 8.71. The lowest BCUT2D eigenvalue weighted by Crippen LogP contribution is -2.56. The topological polar surface area (TPSA) is 4.93 Å². The smallest absolute Gasteiger partial charge is 0.141 e. The van der Waals surface area contributed by atoms with Crippen molar-refractivity contribution in [3.8, 4) is 5.69 Å². The van der Waals surface area contributed by atoms with Crippen molar-refractivity contribution in [2.75, 3.05) is 0 Å². The first-order valence-corrected chi connectivity index (χ1v) is 12.8. The van der Waals surface area contributed by atoms with Crippen molar-refractivity contribution in [1.82, 2.24) is 4.57 Å². The molecule has 164 valence electrons. The van der Waals surface area contributed by atoms with E-state index in [4.69, 9.17) is 0 Å². The van der Waals surface area contributed by atoms with E-state index in [2.05, 4.69) is 129 Å². The van der Waals surface area contributed by atoms with Gasteiger partial charge in [-0.05, 0) is 21.5 Å². The summed E-state index contributed by atoms with van der Waals surface area (Å²) in [7, 11) is 11.4. The fourth-order valence-corrected chi connectivity index (χ4v) is 6.48. The summed E-state index contributed by atoms with van der Waals surface area (Å²) < 4.78 is 2.60. The summed E-state index contributed by atoms with van der Waals surface area (Å²) in [5, 5.41) is 10.5. The molecule has 0 saturated heterocycles. The number of fused-ring (bicyclic) bond motifs is 10. The monoisotopic (exact) mass is 453 g/mol. The molecule has 0 atom stereocenters. The number of rotatable bonds is 1. The van der Waals surface area contributed by atoms with Crippen molar-refractivity contribution in [2.24, 2.45) is 0 Å². The van der Waals surface area contributed by atoms with Gasteiger partial charge in [-0.25, -0.2) is 0 Å². The predicted molar refractivity (Wildman–Crippen MR) is 174 cm³/mol. The molecule has 6 heteroatoms. The van der Waals surface area contributed by atoms with Gasteiger partial charge in [-0.1, -0.05) is 107 Å². The number of benzene rings is 6. The SMILES string of the molecule is Bc1c(B)c(B)c(-n2c3c4ccccc4ccc3c3c4ccccc4c4ccccc4c32)c(B)c1B. The molecule has 1 nitrogen and oxygen atoms in total. The Labute approximate surface area is 215 Å². The minimum absolute atomic E-state index is 1.28. The number of aromatic nitrogens is 1. The van der Waals surface area contributed by atoms with Gasteiger partial charge in [-0.3, -0.25) is 0 Å². The molecule has 7 rings (SSSR count). The van der Waals surface area contributed by atoms with Crippen LogP contribution in [0.15, 0.2) is 84.9 Å². The molecule has 7 aromatic rings. The van der Waals surface area contributed by atoms with Crippen LogP contribution in [-0.2, 0) is 0 Å². The van der Waals surface area contributed by atoms with Gasteiger partial charge in [0.1, 0.15) is 39.2 Å². The summed E-state index contributed by atoms with van der Waals surface area (Å²) in [5.74, 6) is 0. The quantitative estimate of drug-likeness (QED) is 0.235. The van der Waals surface area contributed by atoms with Gasteiger partial charge in [-0.2, -0.15) is 0 Å². The van der Waals surface area contributed by atoms with E-state index in [0.717, 1.165) is 0 Å². The molecule has 0 saturated carbocycles. The fraction of sp³-hybridized carbons (Fsp3) is 0. The average molecular weight is 453 g/mol. The Morgan fingerprint density at radius 3 is 1.56 bits per heavy atom. The highest BCUT2D eigenvalue weighted by atomic mass is 15.0. The Bertz CT molecular complexity index is 2030. The van der Waals surface area contributed by atoms with Crippen LogP contribution in [0.25, 0.3) is 59.8 Å². The van der Waals surface area contributed by atoms with Gasteiger partial charge in [0.25, 0.3) is 0 Å². The van der Waals surface area contributed by atoms with Crippen LogP contribution in [-0.4, -0.2) is 43.8 Å². The van der Waals surface area contributed by atoms with Crippen LogP contribution < -0.4 is 27.3 Å². The van der Waals surface area contributed by atoms with Crippen molar-refractivity contribution in [2.45, 2.75) is 0 Å². The largest absolute Gasteiger partial charge is 0.309 e. The Hall–Kier alpha value is -3.78. The first-order chi connectivity index (χ1) is 17.5. The summed E-state index contributed by atoms with van der Waals surface area (Å²) in [6.07, 6.45) is 0. The summed E-state index contributed by atoms with van der Waals surface area (Å²) in [6.45, 7) is 0. The second-order valence-electron chi connectivity index (χ2n) is 10.3. The van der Waals surface area contributed by atoms with Gasteiger partial charge in [0.15, 0.2) is 0 Å². The fourth-order valence-electron chi connectivity index (χ4n) is 6.48. The Balaban J connectivity index is 1.90. The molecule has 0 unspecified atom stereocenters. The van der Waals surface area contributed by atoms with Crippen molar-refractivity contribution in [3.63, 3.8) is 0 Å². The van der Waals surface area contributed by atoms with Gasteiger partial charge in [0, 0.05) is 27.2 Å². The molecule has 0 fully saturated rings. The number of hydrogen-bond donors (Lipinski definition) is 0. The number of hydrogen-bond acceptors (Lipinski definition) is 0. The van der Waals surface area contributed by atoms with E-state index in [1.54, 1.807) is 0 Å². The number of nitrogens with zero attached hydrogens (tertiary/aromatic N) is 1. The standard InChI is InChI=1S/C30H24B5N/c31-23-24(32)26(34)30(27(35)25(23)33)36-28-16-8-2-1-7-15(16)13-14-21(28)22-19-11-5-3-9-17(19)18-10-4-6-12-20(18)29(22)36/h1-14H,31-35H2. The van der Waals surface area contributed by atoms with Gasteiger partial charge in [-0.15, -0.1) is 5.46 Å². The zero-order chi connectivity index (χ0) is 24.7. The lowest BCUT2D eigenvalue weighted by Gasteiger charge is -2.23. The van der Waals surface area contributed by atoms with Crippen LogP contribution in [0, 0.1) is 0 Å². The van der Waals surface area contributed by atoms with Crippen LogP contribution in [0.4, 0.5) is 0 Å². The van der Waals surface area contributed by atoms with Crippen molar-refractivity contribution in [1.29, 1.82) is 0 Å². The van der Waals surface area contributed by atoms with Gasteiger partial charge in [0.05, 0.1) is 11.0 Å². The second kappa shape index (κ2) is 7.61. The van der Waals surface area contributed by atoms with E-state index in [1.807, 2.05) is 0 Å². The third kappa shape index (κ3) is 2.68. The van der Waals surface area contributed by atoms with Gasteiger partial charge < -0.3 is 4.57 Å². The van der Waals surface area contributed by atoms with Crippen molar-refractivity contribution >= 4 is 121 Å². The zero-order valence-electron chi connectivity index (χ0n) is 21.5. The maximum Gasteiger partial charge on any atom is 0.141 e. The molecule has 36 heavy (non-hydrogen) atoms. The molecule has 1 aromatic heterocycles. The maximum atomic E-state index is 2.60. The first kappa shape index (κ1) is 21.5. The molecule has 1 heterocycles. The molecule has 6 aromatic carbocycles. The van der Waals surface area contributed by atoms with Crippen LogP contribution in [0.2, 0.25) is 0 Å². The molecule has 0 aliphatic carbocycles. The minimum atomic E-state index is 1.28. The van der Waals surface area contributed by atoms with Crippen LogP contribution >= 0.6 is 0 Å². The molecule has 0 bridgehead atoms. The molecule has 0 aliphatic heterocycles. The van der Waals surface area contributed by atoms with E-state index in [9.17, 15) is 0 Å². The Morgan fingerprint density at radius 1 is 0.389 bits per heavy atom. The van der Waals surface area contributed by atoms with E-state index in [0.29, 0.717) is 0 Å². The summed E-state index contributed by atoms with van der Waals surface area (Å²) in [4.78, 5) is 0. The van der Waals surface area contributed by atoms with Crippen LogP contribution in [0.5, 0.6) is 0 Å². The molecular formula is C30H24B5N. The summed E-state index contributed by atoms with van der Waals surface area (Å²) in [5.41, 5.74) is 10.8. The average Bonchev–Trinajstić information content (AvgIpc) is 3.27. The molecule has 0 N–H and O–H groups in total. The van der Waals surface area contributed by atoms with Crippen molar-refractivity contribution < 1.29 is 0 Å². The lowest BCUT2D eigenvalue weighted by atomic mass is 9.61. The van der Waals surface area contributed by atoms with Gasteiger partial charge in [0.2, 0.25) is 0 Å². The van der Waals surface area contributed by atoms with E-state index in [1.165, 1.54) is 87.1 Å².